The topological polar surface area (TPSA) is 65.7 Å². The monoisotopic (exact) mass is 442 g/mol. The van der Waals surface area contributed by atoms with Crippen molar-refractivity contribution >= 4 is 16.9 Å². The molecule has 1 aromatic heterocycles. The number of carbonyl (C=O) groups excluding carboxylic acids is 1. The third-order valence-corrected chi connectivity index (χ3v) is 5.71. The Morgan fingerprint density at radius 2 is 1.52 bits per heavy atom. The minimum atomic E-state index is -0.444. The summed E-state index contributed by atoms with van der Waals surface area (Å²) >= 11 is 0. The van der Waals surface area contributed by atoms with Crippen LogP contribution in [0.5, 0.6) is 11.5 Å². The first-order chi connectivity index (χ1) is 15.7. The SMILES string of the molecule is COc1ccc(-c2c(C)c3cc(OC(=O)c4ccc(C(C)(C)C)cc4)ccc3oc2=O)cc1. The van der Waals surface area contributed by atoms with E-state index >= 15 is 0 Å². The fourth-order valence-corrected chi connectivity index (χ4v) is 3.76. The normalized spacial score (nSPS) is 11.4. The molecule has 0 spiro atoms. The van der Waals surface area contributed by atoms with E-state index in [1.165, 1.54) is 0 Å². The Kier molecular flexibility index (Phi) is 5.81. The maximum atomic E-state index is 12.7. The molecule has 4 rings (SSSR count). The third-order valence-electron chi connectivity index (χ3n) is 5.71. The molecule has 0 unspecified atom stereocenters. The summed E-state index contributed by atoms with van der Waals surface area (Å²) < 4.78 is 16.4. The van der Waals surface area contributed by atoms with Crippen LogP contribution < -0.4 is 15.1 Å². The Hall–Kier alpha value is -3.86. The molecule has 5 heteroatoms. The number of hydrogen-bond donors (Lipinski definition) is 0. The van der Waals surface area contributed by atoms with E-state index in [0.717, 1.165) is 16.7 Å². The van der Waals surface area contributed by atoms with Gasteiger partial charge in [-0.25, -0.2) is 9.59 Å². The fraction of sp³-hybridized carbons (Fsp3) is 0.214. The van der Waals surface area contributed by atoms with Crippen LogP contribution in [0.2, 0.25) is 0 Å². The zero-order valence-electron chi connectivity index (χ0n) is 19.4. The fourth-order valence-electron chi connectivity index (χ4n) is 3.76. The second-order valence-electron chi connectivity index (χ2n) is 8.99. The zero-order chi connectivity index (χ0) is 23.8. The molecular weight excluding hydrogens is 416 g/mol. The van der Waals surface area contributed by atoms with E-state index in [1.807, 2.05) is 31.2 Å². The molecule has 1 heterocycles. The average Bonchev–Trinajstić information content (AvgIpc) is 2.79. The molecule has 0 N–H and O–H groups in total. The van der Waals surface area contributed by atoms with Crippen molar-refractivity contribution in [2.75, 3.05) is 7.11 Å². The van der Waals surface area contributed by atoms with Gasteiger partial charge in [0.25, 0.3) is 0 Å². The molecule has 0 saturated carbocycles. The van der Waals surface area contributed by atoms with Crippen LogP contribution in [0.15, 0.2) is 75.9 Å². The number of rotatable bonds is 4. The van der Waals surface area contributed by atoms with Crippen LogP contribution in [0.25, 0.3) is 22.1 Å². The van der Waals surface area contributed by atoms with Crippen LogP contribution in [0.1, 0.15) is 42.3 Å². The van der Waals surface area contributed by atoms with Crippen LogP contribution in [-0.4, -0.2) is 13.1 Å². The first-order valence-electron chi connectivity index (χ1n) is 10.7. The molecule has 3 aromatic carbocycles. The molecule has 0 fully saturated rings. The summed E-state index contributed by atoms with van der Waals surface area (Å²) in [7, 11) is 1.59. The van der Waals surface area contributed by atoms with E-state index in [4.69, 9.17) is 13.9 Å². The molecular formula is C28H26O5. The highest BCUT2D eigenvalue weighted by Crippen LogP contribution is 2.30. The lowest BCUT2D eigenvalue weighted by Crippen LogP contribution is -2.13. The predicted molar refractivity (Wildman–Crippen MR) is 129 cm³/mol. The Morgan fingerprint density at radius 1 is 0.879 bits per heavy atom. The highest BCUT2D eigenvalue weighted by molar-refractivity contribution is 5.92. The average molecular weight is 443 g/mol. The second-order valence-corrected chi connectivity index (χ2v) is 8.99. The third kappa shape index (κ3) is 4.53. The summed E-state index contributed by atoms with van der Waals surface area (Å²) in [6, 6.07) is 19.6. The Morgan fingerprint density at radius 3 is 2.12 bits per heavy atom. The van der Waals surface area contributed by atoms with Gasteiger partial charge in [-0.2, -0.15) is 0 Å². The summed E-state index contributed by atoms with van der Waals surface area (Å²) in [6.45, 7) is 8.22. The number of hydrogen-bond acceptors (Lipinski definition) is 5. The number of ether oxygens (including phenoxy) is 2. The lowest BCUT2D eigenvalue weighted by molar-refractivity contribution is 0.0735. The summed E-state index contributed by atoms with van der Waals surface area (Å²) in [4.78, 5) is 25.4. The van der Waals surface area contributed by atoms with Gasteiger partial charge in [-0.15, -0.1) is 0 Å². The Labute approximate surface area is 192 Å². The first kappa shape index (κ1) is 22.3. The zero-order valence-corrected chi connectivity index (χ0v) is 19.4. The summed E-state index contributed by atoms with van der Waals surface area (Å²) in [6.07, 6.45) is 0. The molecule has 0 aliphatic carbocycles. The largest absolute Gasteiger partial charge is 0.497 e. The Balaban J connectivity index is 1.67. The van der Waals surface area contributed by atoms with Gasteiger partial charge in [0.2, 0.25) is 0 Å². The lowest BCUT2D eigenvalue weighted by Gasteiger charge is -2.18. The minimum Gasteiger partial charge on any atom is -0.497 e. The van der Waals surface area contributed by atoms with Gasteiger partial charge < -0.3 is 13.9 Å². The molecule has 168 valence electrons. The van der Waals surface area contributed by atoms with E-state index in [-0.39, 0.29) is 5.41 Å². The van der Waals surface area contributed by atoms with E-state index in [0.29, 0.717) is 33.6 Å². The van der Waals surface area contributed by atoms with Crippen LogP contribution >= 0.6 is 0 Å². The van der Waals surface area contributed by atoms with E-state index in [1.54, 1.807) is 49.6 Å². The molecule has 0 amide bonds. The van der Waals surface area contributed by atoms with Gasteiger partial charge in [0.15, 0.2) is 0 Å². The molecule has 33 heavy (non-hydrogen) atoms. The van der Waals surface area contributed by atoms with Gasteiger partial charge >= 0.3 is 11.6 Å². The highest BCUT2D eigenvalue weighted by atomic mass is 16.5. The molecule has 5 nitrogen and oxygen atoms in total. The predicted octanol–water partition coefficient (Wildman–Crippen LogP) is 6.29. The van der Waals surface area contributed by atoms with Crippen molar-refractivity contribution in [3.8, 4) is 22.6 Å². The first-order valence-corrected chi connectivity index (χ1v) is 10.7. The number of methoxy groups -OCH3 is 1. The summed E-state index contributed by atoms with van der Waals surface area (Å²) in [5.41, 5.74) is 3.57. The smallest absolute Gasteiger partial charge is 0.344 e. The minimum absolute atomic E-state index is 0.00379. The van der Waals surface area contributed by atoms with Crippen molar-refractivity contribution in [3.05, 3.63) is 93.8 Å². The van der Waals surface area contributed by atoms with Gasteiger partial charge in [0.05, 0.1) is 18.2 Å². The molecule has 0 radical (unpaired) electrons. The maximum absolute atomic E-state index is 12.7. The number of esters is 1. The summed E-state index contributed by atoms with van der Waals surface area (Å²) in [5.74, 6) is 0.636. The molecule has 4 aromatic rings. The van der Waals surface area contributed by atoms with Crippen LogP contribution in [0.4, 0.5) is 0 Å². The van der Waals surface area contributed by atoms with Crippen LogP contribution in [-0.2, 0) is 5.41 Å². The van der Waals surface area contributed by atoms with Crippen molar-refractivity contribution in [2.45, 2.75) is 33.1 Å². The van der Waals surface area contributed by atoms with Crippen molar-refractivity contribution in [2.24, 2.45) is 0 Å². The van der Waals surface area contributed by atoms with E-state index < -0.39 is 11.6 Å². The van der Waals surface area contributed by atoms with Gasteiger partial charge in [0.1, 0.15) is 17.1 Å². The standard InChI is InChI=1S/C28H26O5/c1-17-23-16-22(32-26(29)19-6-10-20(11-7-19)28(2,3)4)14-15-24(23)33-27(30)25(17)18-8-12-21(31-5)13-9-18/h6-16H,1-5H3. The van der Waals surface area contributed by atoms with Crippen molar-refractivity contribution < 1.29 is 18.7 Å². The molecule has 0 aliphatic rings. The van der Waals surface area contributed by atoms with Crippen molar-refractivity contribution in [3.63, 3.8) is 0 Å². The van der Waals surface area contributed by atoms with Gasteiger partial charge in [-0.05, 0) is 71.5 Å². The second kappa shape index (κ2) is 8.58. The number of fused-ring (bicyclic) bond motifs is 1. The lowest BCUT2D eigenvalue weighted by atomic mass is 9.87. The molecule has 0 bridgehead atoms. The van der Waals surface area contributed by atoms with E-state index in [9.17, 15) is 9.59 Å². The van der Waals surface area contributed by atoms with Gasteiger partial charge in [-0.3, -0.25) is 0 Å². The Bertz CT molecular complexity index is 1370. The van der Waals surface area contributed by atoms with Crippen LogP contribution in [0, 0.1) is 6.92 Å². The number of carbonyl (C=O) groups is 1. The van der Waals surface area contributed by atoms with Gasteiger partial charge in [-0.1, -0.05) is 45.0 Å². The van der Waals surface area contributed by atoms with Crippen LogP contribution in [0.3, 0.4) is 0 Å². The highest BCUT2D eigenvalue weighted by Gasteiger charge is 2.17. The molecule has 0 atom stereocenters. The molecule has 0 aliphatic heterocycles. The van der Waals surface area contributed by atoms with Crippen molar-refractivity contribution in [1.29, 1.82) is 0 Å². The molecule has 0 saturated heterocycles. The maximum Gasteiger partial charge on any atom is 0.344 e. The number of aryl methyl sites for hydroxylation is 1. The van der Waals surface area contributed by atoms with Gasteiger partial charge in [0, 0.05) is 5.39 Å². The quantitative estimate of drug-likeness (QED) is 0.211. The van der Waals surface area contributed by atoms with Crippen molar-refractivity contribution in [1.82, 2.24) is 0 Å². The van der Waals surface area contributed by atoms with E-state index in [2.05, 4.69) is 20.8 Å². The number of benzene rings is 3. The summed E-state index contributed by atoms with van der Waals surface area (Å²) in [5, 5.41) is 0.703.